The quantitative estimate of drug-likeness (QED) is 0.436. The summed E-state index contributed by atoms with van der Waals surface area (Å²) in [5.41, 5.74) is 0. The Morgan fingerprint density at radius 3 is 2.58 bits per heavy atom. The van der Waals surface area contributed by atoms with E-state index in [-0.39, 0.29) is 5.97 Å². The van der Waals surface area contributed by atoms with Crippen molar-refractivity contribution in [3.05, 3.63) is 0 Å². The summed E-state index contributed by atoms with van der Waals surface area (Å²) in [6.07, 6.45) is 3.36. The van der Waals surface area contributed by atoms with Gasteiger partial charge < -0.3 is 9.47 Å². The molecule has 0 saturated heterocycles. The molecule has 0 spiro atoms. The third-order valence-electron chi connectivity index (χ3n) is 1.50. The Morgan fingerprint density at radius 2 is 2.00 bits per heavy atom. The number of rotatable bonds is 7. The maximum Gasteiger partial charge on any atom is 0.305 e. The first-order chi connectivity index (χ1) is 5.81. The smallest absolute Gasteiger partial charge is 0.305 e. The molecule has 0 atom stereocenters. The minimum atomic E-state index is -0.134. The van der Waals surface area contributed by atoms with Crippen molar-refractivity contribution in [2.45, 2.75) is 32.6 Å². The molecule has 12 heavy (non-hydrogen) atoms. The molecule has 0 aromatic rings. The first-order valence-electron chi connectivity index (χ1n) is 4.45. The molecule has 0 rings (SSSR count). The molecule has 0 saturated carbocycles. The lowest BCUT2D eigenvalue weighted by Gasteiger charge is -2.01. The van der Waals surface area contributed by atoms with Crippen molar-refractivity contribution in [2.24, 2.45) is 0 Å². The third kappa shape index (κ3) is 7.54. The zero-order chi connectivity index (χ0) is 9.23. The molecule has 0 aliphatic carbocycles. The lowest BCUT2D eigenvalue weighted by atomic mass is 10.2. The highest BCUT2D eigenvalue weighted by Gasteiger charge is 1.98. The van der Waals surface area contributed by atoms with E-state index in [0.29, 0.717) is 6.42 Å². The van der Waals surface area contributed by atoms with Gasteiger partial charge in [-0.15, -0.1) is 0 Å². The minimum Gasteiger partial charge on any atom is -0.469 e. The molecule has 0 bridgehead atoms. The number of carbonyl (C=O) groups excluding carboxylic acids is 1. The van der Waals surface area contributed by atoms with Crippen LogP contribution in [0.4, 0.5) is 0 Å². The van der Waals surface area contributed by atoms with Gasteiger partial charge in [-0.1, -0.05) is 6.92 Å². The molecule has 0 aliphatic rings. The number of unbranched alkanes of at least 4 members (excludes halogenated alkanes) is 1. The summed E-state index contributed by atoms with van der Waals surface area (Å²) in [5.74, 6) is -0.134. The SMILES string of the molecule is CCCOCCCCC(=O)OC. The Hall–Kier alpha value is -0.570. The number of carbonyl (C=O) groups is 1. The van der Waals surface area contributed by atoms with Crippen LogP contribution in [0, 0.1) is 0 Å². The van der Waals surface area contributed by atoms with E-state index in [4.69, 9.17) is 4.74 Å². The van der Waals surface area contributed by atoms with E-state index in [1.165, 1.54) is 7.11 Å². The van der Waals surface area contributed by atoms with Gasteiger partial charge in [0.1, 0.15) is 0 Å². The third-order valence-corrected chi connectivity index (χ3v) is 1.50. The van der Waals surface area contributed by atoms with Gasteiger partial charge in [0.05, 0.1) is 7.11 Å². The van der Waals surface area contributed by atoms with Gasteiger partial charge in [-0.25, -0.2) is 0 Å². The predicted octanol–water partition coefficient (Wildman–Crippen LogP) is 1.76. The summed E-state index contributed by atoms with van der Waals surface area (Å²) in [4.78, 5) is 10.6. The van der Waals surface area contributed by atoms with Crippen LogP contribution in [-0.2, 0) is 14.3 Å². The summed E-state index contributed by atoms with van der Waals surface area (Å²) in [5, 5.41) is 0. The zero-order valence-electron chi connectivity index (χ0n) is 7.97. The van der Waals surface area contributed by atoms with Crippen molar-refractivity contribution in [1.29, 1.82) is 0 Å². The Bertz CT molecular complexity index is 112. The molecule has 3 heteroatoms. The molecule has 0 unspecified atom stereocenters. The van der Waals surface area contributed by atoms with Gasteiger partial charge in [-0.05, 0) is 19.3 Å². The highest BCUT2D eigenvalue weighted by molar-refractivity contribution is 5.68. The van der Waals surface area contributed by atoms with Gasteiger partial charge >= 0.3 is 5.97 Å². The van der Waals surface area contributed by atoms with E-state index in [1.54, 1.807) is 0 Å². The van der Waals surface area contributed by atoms with Crippen molar-refractivity contribution in [2.75, 3.05) is 20.3 Å². The van der Waals surface area contributed by atoms with Crippen LogP contribution in [0.1, 0.15) is 32.6 Å². The number of hydrogen-bond acceptors (Lipinski definition) is 3. The first kappa shape index (κ1) is 11.4. The van der Waals surface area contributed by atoms with Gasteiger partial charge in [-0.3, -0.25) is 4.79 Å². The van der Waals surface area contributed by atoms with Gasteiger partial charge in [0.15, 0.2) is 0 Å². The molecule has 0 N–H and O–H groups in total. The summed E-state index contributed by atoms with van der Waals surface area (Å²) in [6.45, 7) is 3.65. The summed E-state index contributed by atoms with van der Waals surface area (Å²) < 4.78 is 9.74. The van der Waals surface area contributed by atoms with Gasteiger partial charge in [0.2, 0.25) is 0 Å². The van der Waals surface area contributed by atoms with Crippen LogP contribution in [0.15, 0.2) is 0 Å². The molecular formula is C9H18O3. The molecule has 0 amide bonds. The van der Waals surface area contributed by atoms with E-state index in [9.17, 15) is 4.79 Å². The van der Waals surface area contributed by atoms with Crippen molar-refractivity contribution < 1.29 is 14.3 Å². The lowest BCUT2D eigenvalue weighted by molar-refractivity contribution is -0.140. The van der Waals surface area contributed by atoms with Crippen LogP contribution in [0.2, 0.25) is 0 Å². The number of ether oxygens (including phenoxy) is 2. The average molecular weight is 174 g/mol. The van der Waals surface area contributed by atoms with E-state index in [1.807, 2.05) is 0 Å². The second-order valence-electron chi connectivity index (χ2n) is 2.65. The summed E-state index contributed by atoms with van der Waals surface area (Å²) in [7, 11) is 1.41. The zero-order valence-corrected chi connectivity index (χ0v) is 7.97. The second-order valence-corrected chi connectivity index (χ2v) is 2.65. The van der Waals surface area contributed by atoms with Crippen molar-refractivity contribution in [1.82, 2.24) is 0 Å². The van der Waals surface area contributed by atoms with Crippen LogP contribution < -0.4 is 0 Å². The molecule has 0 aromatic heterocycles. The highest BCUT2D eigenvalue weighted by atomic mass is 16.5. The van der Waals surface area contributed by atoms with Gasteiger partial charge in [0.25, 0.3) is 0 Å². The first-order valence-corrected chi connectivity index (χ1v) is 4.45. The Morgan fingerprint density at radius 1 is 1.25 bits per heavy atom. The Balaban J connectivity index is 2.95. The fraction of sp³-hybridized carbons (Fsp3) is 0.889. The number of methoxy groups -OCH3 is 1. The fourth-order valence-electron chi connectivity index (χ4n) is 0.822. The van der Waals surface area contributed by atoms with Crippen LogP contribution in [-0.4, -0.2) is 26.3 Å². The lowest BCUT2D eigenvalue weighted by Crippen LogP contribution is -2.01. The predicted molar refractivity (Wildman–Crippen MR) is 47.0 cm³/mol. The van der Waals surface area contributed by atoms with Crippen molar-refractivity contribution in [3.63, 3.8) is 0 Å². The number of esters is 1. The molecule has 0 aliphatic heterocycles. The maximum atomic E-state index is 10.6. The molecule has 0 heterocycles. The molecule has 0 fully saturated rings. The van der Waals surface area contributed by atoms with Gasteiger partial charge in [0, 0.05) is 19.6 Å². The van der Waals surface area contributed by atoms with E-state index >= 15 is 0 Å². The van der Waals surface area contributed by atoms with E-state index < -0.39 is 0 Å². The standard InChI is InChI=1S/C9H18O3/c1-3-7-12-8-5-4-6-9(10)11-2/h3-8H2,1-2H3. The molecule has 0 radical (unpaired) electrons. The van der Waals surface area contributed by atoms with Crippen molar-refractivity contribution in [3.8, 4) is 0 Å². The molecule has 3 nitrogen and oxygen atoms in total. The topological polar surface area (TPSA) is 35.5 Å². The fourth-order valence-corrected chi connectivity index (χ4v) is 0.822. The van der Waals surface area contributed by atoms with Crippen LogP contribution in [0.5, 0.6) is 0 Å². The summed E-state index contributed by atoms with van der Waals surface area (Å²) in [6, 6.07) is 0. The maximum absolute atomic E-state index is 10.6. The Labute approximate surface area is 74.0 Å². The highest BCUT2D eigenvalue weighted by Crippen LogP contribution is 1.97. The monoisotopic (exact) mass is 174 g/mol. The van der Waals surface area contributed by atoms with Crippen LogP contribution >= 0.6 is 0 Å². The van der Waals surface area contributed by atoms with Crippen LogP contribution in [0.25, 0.3) is 0 Å². The average Bonchev–Trinajstić information content (AvgIpc) is 2.10. The molecule has 72 valence electrons. The van der Waals surface area contributed by atoms with Crippen LogP contribution in [0.3, 0.4) is 0 Å². The van der Waals surface area contributed by atoms with E-state index in [2.05, 4.69) is 11.7 Å². The molecular weight excluding hydrogens is 156 g/mol. The second kappa shape index (κ2) is 8.53. The molecule has 0 aromatic carbocycles. The van der Waals surface area contributed by atoms with E-state index in [0.717, 1.165) is 32.5 Å². The normalized spacial score (nSPS) is 9.83. The van der Waals surface area contributed by atoms with Crippen molar-refractivity contribution >= 4 is 5.97 Å². The minimum absolute atomic E-state index is 0.134. The summed E-state index contributed by atoms with van der Waals surface area (Å²) >= 11 is 0. The Kier molecular flexibility index (Phi) is 8.12. The largest absolute Gasteiger partial charge is 0.469 e. The van der Waals surface area contributed by atoms with Gasteiger partial charge in [-0.2, -0.15) is 0 Å². The number of hydrogen-bond donors (Lipinski definition) is 0.